The molecular weight excluding hydrogens is 372 g/mol. The molecule has 4 rings (SSSR count). The summed E-state index contributed by atoms with van der Waals surface area (Å²) in [6.07, 6.45) is 2.32. The van der Waals surface area contributed by atoms with Crippen LogP contribution in [0.1, 0.15) is 33.4 Å². The summed E-state index contributed by atoms with van der Waals surface area (Å²) in [5.41, 5.74) is 3.45. The van der Waals surface area contributed by atoms with Crippen LogP contribution in [-0.2, 0) is 6.42 Å². The molecule has 1 aliphatic heterocycles. The molecule has 2 heterocycles. The quantitative estimate of drug-likeness (QED) is 0.631. The number of nitrogens with zero attached hydrogens (tertiary/aromatic N) is 2. The monoisotopic (exact) mass is 392 g/mol. The first kappa shape index (κ1) is 18.5. The summed E-state index contributed by atoms with van der Waals surface area (Å²) in [5.74, 6) is -0.272. The third-order valence-electron chi connectivity index (χ3n) is 5.00. The summed E-state index contributed by atoms with van der Waals surface area (Å²) in [5, 5.41) is 11.9. The number of carboxylic acid groups (broad SMARTS) is 1. The van der Waals surface area contributed by atoms with Gasteiger partial charge in [0.15, 0.2) is 0 Å². The van der Waals surface area contributed by atoms with Gasteiger partial charge in [-0.2, -0.15) is 0 Å². The van der Waals surface area contributed by atoms with Crippen LogP contribution in [0.4, 0.5) is 10.5 Å². The number of nitrogens with one attached hydrogen (secondary N) is 2. The van der Waals surface area contributed by atoms with Crippen LogP contribution in [-0.4, -0.2) is 45.6 Å². The summed E-state index contributed by atoms with van der Waals surface area (Å²) < 4.78 is 5.23. The molecule has 0 saturated heterocycles. The summed E-state index contributed by atoms with van der Waals surface area (Å²) in [4.78, 5) is 33.4. The zero-order valence-electron chi connectivity index (χ0n) is 15.8. The van der Waals surface area contributed by atoms with Crippen LogP contribution in [0.5, 0.6) is 5.75 Å². The molecule has 0 radical (unpaired) electrons. The second kappa shape index (κ2) is 7.67. The second-order valence-electron chi connectivity index (χ2n) is 6.70. The average molecular weight is 392 g/mol. The van der Waals surface area contributed by atoms with E-state index in [-0.39, 0.29) is 17.6 Å². The maximum Gasteiger partial charge on any atom is 0.335 e. The van der Waals surface area contributed by atoms with Crippen molar-refractivity contribution in [3.05, 3.63) is 77.4 Å². The normalized spacial score (nSPS) is 15.5. The lowest BCUT2D eigenvalue weighted by Crippen LogP contribution is -2.43. The summed E-state index contributed by atoms with van der Waals surface area (Å²) in [6, 6.07) is 13.0. The lowest BCUT2D eigenvalue weighted by atomic mass is 9.96. The molecule has 29 heavy (non-hydrogen) atoms. The molecule has 8 nitrogen and oxygen atoms in total. The number of amides is 2. The number of carbonyl (C=O) groups excluding carboxylic acids is 1. The Morgan fingerprint density at radius 1 is 1.17 bits per heavy atom. The highest BCUT2D eigenvalue weighted by Crippen LogP contribution is 2.34. The largest absolute Gasteiger partial charge is 0.497 e. The first-order valence-corrected chi connectivity index (χ1v) is 9.14. The van der Waals surface area contributed by atoms with Crippen LogP contribution in [0.15, 0.2) is 54.9 Å². The number of fused-ring (bicyclic) bond motifs is 1. The molecule has 0 spiro atoms. The number of rotatable bonds is 4. The van der Waals surface area contributed by atoms with Crippen LogP contribution >= 0.6 is 0 Å². The molecule has 1 atom stereocenters. The molecule has 0 bridgehead atoms. The van der Waals surface area contributed by atoms with Gasteiger partial charge in [0.05, 0.1) is 24.7 Å². The SMILES string of the molecule is COc1ccc([C@H]2c3nc[nH]c3CCN2C(=O)Nc2ccc(C(=O)O)cc2)cc1. The number of carboxylic acids is 1. The van der Waals surface area contributed by atoms with Crippen LogP contribution < -0.4 is 10.1 Å². The average Bonchev–Trinajstić information content (AvgIpc) is 3.22. The number of methoxy groups -OCH3 is 1. The van der Waals surface area contributed by atoms with E-state index in [0.717, 1.165) is 22.7 Å². The smallest absolute Gasteiger partial charge is 0.335 e. The molecule has 0 saturated carbocycles. The molecule has 3 N–H and O–H groups in total. The number of imidazole rings is 1. The van der Waals surface area contributed by atoms with E-state index in [2.05, 4.69) is 15.3 Å². The summed E-state index contributed by atoms with van der Waals surface area (Å²) in [7, 11) is 1.61. The number of H-pyrrole nitrogens is 1. The molecule has 2 aromatic carbocycles. The Hall–Kier alpha value is -3.81. The standard InChI is InChI=1S/C21H20N4O4/c1-29-16-8-4-13(5-9-16)19-18-17(22-12-23-18)10-11-25(19)21(28)24-15-6-2-14(3-7-15)20(26)27/h2-9,12,19H,10-11H2,1H3,(H,22,23)(H,24,28)(H,26,27)/t19-/m0/s1. The number of ether oxygens (including phenoxy) is 1. The number of benzene rings is 2. The zero-order chi connectivity index (χ0) is 20.4. The van der Waals surface area contributed by atoms with Gasteiger partial charge in [-0.15, -0.1) is 0 Å². The summed E-state index contributed by atoms with van der Waals surface area (Å²) in [6.45, 7) is 0.519. The van der Waals surface area contributed by atoms with Gasteiger partial charge in [0.2, 0.25) is 0 Å². The van der Waals surface area contributed by atoms with E-state index in [4.69, 9.17) is 9.84 Å². The molecule has 0 aliphatic carbocycles. The van der Waals surface area contributed by atoms with Gasteiger partial charge in [-0.25, -0.2) is 14.6 Å². The van der Waals surface area contributed by atoms with E-state index in [1.165, 1.54) is 12.1 Å². The Kier molecular flexibility index (Phi) is 4.90. The second-order valence-corrected chi connectivity index (χ2v) is 6.70. The fraction of sp³-hybridized carbons (Fsp3) is 0.190. The maximum absolute atomic E-state index is 13.1. The highest BCUT2D eigenvalue weighted by atomic mass is 16.5. The van der Waals surface area contributed by atoms with Crippen molar-refractivity contribution in [2.24, 2.45) is 0 Å². The van der Waals surface area contributed by atoms with Crippen LogP contribution in [0.2, 0.25) is 0 Å². The molecule has 3 aromatic rings. The van der Waals surface area contributed by atoms with Crippen LogP contribution in [0, 0.1) is 0 Å². The molecular formula is C21H20N4O4. The topological polar surface area (TPSA) is 108 Å². The predicted molar refractivity (Wildman–Crippen MR) is 106 cm³/mol. The molecule has 8 heteroatoms. The Balaban J connectivity index is 1.61. The number of hydrogen-bond donors (Lipinski definition) is 3. The lowest BCUT2D eigenvalue weighted by Gasteiger charge is -2.35. The number of aromatic nitrogens is 2. The van der Waals surface area contributed by atoms with E-state index in [1.807, 2.05) is 24.3 Å². The van der Waals surface area contributed by atoms with Gasteiger partial charge in [0.1, 0.15) is 11.8 Å². The van der Waals surface area contributed by atoms with Gasteiger partial charge >= 0.3 is 12.0 Å². The fourth-order valence-corrected chi connectivity index (χ4v) is 3.51. The number of urea groups is 1. The van der Waals surface area contributed by atoms with Crippen molar-refractivity contribution in [1.82, 2.24) is 14.9 Å². The van der Waals surface area contributed by atoms with Gasteiger partial charge < -0.3 is 25.0 Å². The number of aromatic amines is 1. The minimum Gasteiger partial charge on any atom is -0.497 e. The first-order chi connectivity index (χ1) is 14.1. The molecule has 148 valence electrons. The van der Waals surface area contributed by atoms with Crippen LogP contribution in [0.25, 0.3) is 0 Å². The van der Waals surface area contributed by atoms with Crippen molar-refractivity contribution in [1.29, 1.82) is 0 Å². The third kappa shape index (κ3) is 3.64. The third-order valence-corrected chi connectivity index (χ3v) is 5.00. The molecule has 1 aromatic heterocycles. The van der Waals surface area contributed by atoms with Crippen molar-refractivity contribution in [3.8, 4) is 5.75 Å². The molecule has 0 unspecified atom stereocenters. The summed E-state index contributed by atoms with van der Waals surface area (Å²) >= 11 is 0. The van der Waals surface area contributed by atoms with Crippen molar-refractivity contribution in [2.75, 3.05) is 19.0 Å². The van der Waals surface area contributed by atoms with Crippen molar-refractivity contribution < 1.29 is 19.4 Å². The minimum absolute atomic E-state index is 0.165. The van der Waals surface area contributed by atoms with Crippen molar-refractivity contribution in [3.63, 3.8) is 0 Å². The van der Waals surface area contributed by atoms with E-state index >= 15 is 0 Å². The van der Waals surface area contributed by atoms with Crippen LogP contribution in [0.3, 0.4) is 0 Å². The van der Waals surface area contributed by atoms with Gasteiger partial charge in [-0.05, 0) is 42.0 Å². The Morgan fingerprint density at radius 3 is 2.55 bits per heavy atom. The van der Waals surface area contributed by atoms with E-state index in [9.17, 15) is 9.59 Å². The first-order valence-electron chi connectivity index (χ1n) is 9.14. The highest BCUT2D eigenvalue weighted by Gasteiger charge is 2.34. The zero-order valence-corrected chi connectivity index (χ0v) is 15.8. The van der Waals surface area contributed by atoms with Crippen molar-refractivity contribution in [2.45, 2.75) is 12.5 Å². The minimum atomic E-state index is -1.01. The van der Waals surface area contributed by atoms with E-state index < -0.39 is 5.97 Å². The maximum atomic E-state index is 13.1. The fourth-order valence-electron chi connectivity index (χ4n) is 3.51. The van der Waals surface area contributed by atoms with Gasteiger partial charge in [0, 0.05) is 24.3 Å². The van der Waals surface area contributed by atoms with Crippen molar-refractivity contribution >= 4 is 17.7 Å². The molecule has 2 amide bonds. The highest BCUT2D eigenvalue weighted by molar-refractivity contribution is 5.92. The Morgan fingerprint density at radius 2 is 1.90 bits per heavy atom. The Labute approximate surface area is 167 Å². The molecule has 0 fully saturated rings. The number of anilines is 1. The predicted octanol–water partition coefficient (Wildman–Crippen LogP) is 3.30. The molecule has 1 aliphatic rings. The number of carbonyl (C=O) groups is 2. The van der Waals surface area contributed by atoms with E-state index in [0.29, 0.717) is 18.7 Å². The van der Waals surface area contributed by atoms with E-state index in [1.54, 1.807) is 30.5 Å². The van der Waals surface area contributed by atoms with Gasteiger partial charge in [-0.3, -0.25) is 0 Å². The number of aromatic carboxylic acids is 1. The van der Waals surface area contributed by atoms with Gasteiger partial charge in [0.25, 0.3) is 0 Å². The number of hydrogen-bond acceptors (Lipinski definition) is 4. The Bertz CT molecular complexity index is 1030. The lowest BCUT2D eigenvalue weighted by molar-refractivity contribution is 0.0697. The van der Waals surface area contributed by atoms with Gasteiger partial charge in [-0.1, -0.05) is 12.1 Å².